The van der Waals surface area contributed by atoms with E-state index >= 15 is 0 Å². The minimum atomic E-state index is 1.08. The first-order valence-electron chi connectivity index (χ1n) is 18.5. The first-order chi connectivity index (χ1) is 26.8. The highest BCUT2D eigenvalue weighted by Gasteiger charge is 2.20. The largest absolute Gasteiger partial charge is 0.310 e. The van der Waals surface area contributed by atoms with Crippen molar-refractivity contribution < 1.29 is 0 Å². The molecule has 2 nitrogen and oxygen atoms in total. The van der Waals surface area contributed by atoms with E-state index in [0.717, 1.165) is 22.7 Å². The van der Waals surface area contributed by atoms with Crippen molar-refractivity contribution >= 4 is 49.6 Å². The number of para-hydroxylation sites is 2. The molecule has 0 aliphatic carbocycles. The molecule has 0 saturated carbocycles. The van der Waals surface area contributed by atoms with Gasteiger partial charge in [0.2, 0.25) is 0 Å². The summed E-state index contributed by atoms with van der Waals surface area (Å²) in [5, 5.41) is 4.97. The molecule has 0 saturated heterocycles. The molecule has 1 heterocycles. The molecule has 0 radical (unpaired) electrons. The van der Waals surface area contributed by atoms with Crippen LogP contribution in [0.15, 0.2) is 218 Å². The maximum Gasteiger partial charge on any atom is 0.0541 e. The normalized spacial score (nSPS) is 11.3. The van der Waals surface area contributed by atoms with Crippen molar-refractivity contribution in [2.24, 2.45) is 0 Å². The van der Waals surface area contributed by atoms with Gasteiger partial charge in [-0.1, -0.05) is 158 Å². The summed E-state index contributed by atoms with van der Waals surface area (Å²) in [7, 11) is 0. The minimum Gasteiger partial charge on any atom is -0.310 e. The van der Waals surface area contributed by atoms with E-state index in [4.69, 9.17) is 0 Å². The summed E-state index contributed by atoms with van der Waals surface area (Å²) in [4.78, 5) is 2.41. The minimum absolute atomic E-state index is 1.08. The van der Waals surface area contributed by atoms with E-state index in [-0.39, 0.29) is 0 Å². The Kier molecular flexibility index (Phi) is 7.85. The van der Waals surface area contributed by atoms with Crippen LogP contribution < -0.4 is 4.90 Å². The molecule has 0 aliphatic heterocycles. The fourth-order valence-electron chi connectivity index (χ4n) is 8.03. The van der Waals surface area contributed by atoms with Gasteiger partial charge in [0.25, 0.3) is 0 Å². The molecule has 1 aromatic heterocycles. The highest BCUT2D eigenvalue weighted by molar-refractivity contribution is 6.09. The van der Waals surface area contributed by atoms with Crippen LogP contribution in [0.4, 0.5) is 17.1 Å². The third kappa shape index (κ3) is 5.53. The molecule has 254 valence electrons. The number of benzene rings is 9. The fraction of sp³-hybridized carbons (Fsp3) is 0. The van der Waals surface area contributed by atoms with Crippen LogP contribution in [-0.2, 0) is 0 Å². The van der Waals surface area contributed by atoms with Crippen molar-refractivity contribution in [2.45, 2.75) is 0 Å². The van der Waals surface area contributed by atoms with Crippen LogP contribution in [0.25, 0.3) is 71.6 Å². The first kappa shape index (κ1) is 31.6. The van der Waals surface area contributed by atoms with Crippen molar-refractivity contribution in [2.75, 3.05) is 4.90 Å². The van der Waals surface area contributed by atoms with Crippen LogP contribution in [0, 0.1) is 0 Å². The molecule has 0 unspecified atom stereocenters. The molecule has 0 N–H and O–H groups in total. The quantitative estimate of drug-likeness (QED) is 0.162. The van der Waals surface area contributed by atoms with Crippen LogP contribution in [-0.4, -0.2) is 4.57 Å². The predicted molar refractivity (Wildman–Crippen MR) is 229 cm³/mol. The van der Waals surface area contributed by atoms with Crippen LogP contribution >= 0.6 is 0 Å². The van der Waals surface area contributed by atoms with Gasteiger partial charge in [-0.3, -0.25) is 0 Å². The average molecular weight is 689 g/mol. The first-order valence-corrected chi connectivity index (χ1v) is 18.5. The van der Waals surface area contributed by atoms with Gasteiger partial charge in [0.1, 0.15) is 0 Å². The Labute approximate surface area is 315 Å². The molecule has 0 amide bonds. The second-order valence-corrected chi connectivity index (χ2v) is 13.8. The zero-order chi connectivity index (χ0) is 35.8. The van der Waals surface area contributed by atoms with Gasteiger partial charge in [0.05, 0.1) is 16.7 Å². The Morgan fingerprint density at radius 1 is 0.315 bits per heavy atom. The van der Waals surface area contributed by atoms with Gasteiger partial charge in [0, 0.05) is 33.4 Å². The van der Waals surface area contributed by atoms with Gasteiger partial charge in [-0.15, -0.1) is 0 Å². The average Bonchev–Trinajstić information content (AvgIpc) is 3.59. The predicted octanol–water partition coefficient (Wildman–Crippen LogP) is 14.4. The summed E-state index contributed by atoms with van der Waals surface area (Å²) in [6, 6.07) is 78.9. The maximum atomic E-state index is 2.41. The molecular formula is C52H36N2. The summed E-state index contributed by atoms with van der Waals surface area (Å²) >= 11 is 0. The van der Waals surface area contributed by atoms with Gasteiger partial charge in [-0.2, -0.15) is 0 Å². The summed E-state index contributed by atoms with van der Waals surface area (Å²) in [6.45, 7) is 0. The Balaban J connectivity index is 1.18. The highest BCUT2D eigenvalue weighted by Crippen LogP contribution is 2.45. The number of anilines is 3. The fourth-order valence-corrected chi connectivity index (χ4v) is 8.03. The molecular weight excluding hydrogens is 653 g/mol. The number of aromatic nitrogens is 1. The van der Waals surface area contributed by atoms with Gasteiger partial charge in [-0.05, 0) is 99.3 Å². The molecule has 2 heteroatoms. The summed E-state index contributed by atoms with van der Waals surface area (Å²) < 4.78 is 2.38. The van der Waals surface area contributed by atoms with Gasteiger partial charge < -0.3 is 9.47 Å². The van der Waals surface area contributed by atoms with E-state index in [1.807, 2.05) is 0 Å². The number of nitrogens with zero attached hydrogens (tertiary/aromatic N) is 2. The monoisotopic (exact) mass is 688 g/mol. The zero-order valence-corrected chi connectivity index (χ0v) is 29.7. The van der Waals surface area contributed by atoms with E-state index in [1.165, 1.54) is 66.0 Å². The van der Waals surface area contributed by atoms with Crippen molar-refractivity contribution in [1.82, 2.24) is 4.57 Å². The summed E-state index contributed by atoms with van der Waals surface area (Å²) in [5.41, 5.74) is 14.0. The Hall–Kier alpha value is -7.16. The van der Waals surface area contributed by atoms with E-state index in [9.17, 15) is 0 Å². The molecule has 10 rings (SSSR count). The van der Waals surface area contributed by atoms with E-state index < -0.39 is 0 Å². The topological polar surface area (TPSA) is 8.17 Å². The van der Waals surface area contributed by atoms with Crippen molar-refractivity contribution in [3.05, 3.63) is 218 Å². The van der Waals surface area contributed by atoms with Crippen molar-refractivity contribution in [3.8, 4) is 39.1 Å². The van der Waals surface area contributed by atoms with Gasteiger partial charge in [0.15, 0.2) is 0 Å². The SMILES string of the molecule is c1ccc(-c2ccc(N(c3ccc(-n4c5ccccc5c5ccccc54)cc3)c3ccc(-c4ccccc4)cc3-c3cccc4ccccc34)cc2)cc1. The Bertz CT molecular complexity index is 2850. The molecule has 0 fully saturated rings. The van der Waals surface area contributed by atoms with Crippen LogP contribution in [0.5, 0.6) is 0 Å². The smallest absolute Gasteiger partial charge is 0.0541 e. The van der Waals surface area contributed by atoms with E-state index in [2.05, 4.69) is 228 Å². The lowest BCUT2D eigenvalue weighted by Gasteiger charge is -2.29. The van der Waals surface area contributed by atoms with Crippen molar-refractivity contribution in [1.29, 1.82) is 0 Å². The van der Waals surface area contributed by atoms with Crippen LogP contribution in [0.1, 0.15) is 0 Å². The zero-order valence-electron chi connectivity index (χ0n) is 29.7. The third-order valence-corrected chi connectivity index (χ3v) is 10.6. The molecule has 0 atom stereocenters. The van der Waals surface area contributed by atoms with E-state index in [0.29, 0.717) is 0 Å². The third-order valence-electron chi connectivity index (χ3n) is 10.6. The summed E-state index contributed by atoms with van der Waals surface area (Å²) in [6.07, 6.45) is 0. The summed E-state index contributed by atoms with van der Waals surface area (Å²) in [5.74, 6) is 0. The molecule has 10 aromatic rings. The lowest BCUT2D eigenvalue weighted by molar-refractivity contribution is 1.17. The van der Waals surface area contributed by atoms with Crippen LogP contribution in [0.2, 0.25) is 0 Å². The maximum absolute atomic E-state index is 2.41. The lowest BCUT2D eigenvalue weighted by atomic mass is 9.93. The van der Waals surface area contributed by atoms with Crippen molar-refractivity contribution in [3.63, 3.8) is 0 Å². The standard InChI is InChI=1S/C52H36N2/c1-3-14-37(15-4-1)39-26-29-42(30-27-39)53(43-31-33-44(34-32-43)54-50-24-11-9-21-47(50)48-22-10-12-25-51(48)54)52-35-28-41(38-16-5-2-6-17-38)36-49(52)46-23-13-19-40-18-7-8-20-45(40)46/h1-36H. The number of rotatable bonds is 7. The molecule has 0 spiro atoms. The Morgan fingerprint density at radius 2 is 0.796 bits per heavy atom. The number of hydrogen-bond acceptors (Lipinski definition) is 1. The molecule has 54 heavy (non-hydrogen) atoms. The van der Waals surface area contributed by atoms with Gasteiger partial charge in [-0.25, -0.2) is 0 Å². The highest BCUT2D eigenvalue weighted by atomic mass is 15.1. The van der Waals surface area contributed by atoms with E-state index in [1.54, 1.807) is 0 Å². The molecule has 9 aromatic carbocycles. The number of hydrogen-bond donors (Lipinski definition) is 0. The Morgan fingerprint density at radius 3 is 1.44 bits per heavy atom. The lowest BCUT2D eigenvalue weighted by Crippen LogP contribution is -2.11. The molecule has 0 bridgehead atoms. The number of fused-ring (bicyclic) bond motifs is 4. The van der Waals surface area contributed by atoms with Crippen LogP contribution in [0.3, 0.4) is 0 Å². The molecule has 0 aliphatic rings. The van der Waals surface area contributed by atoms with Gasteiger partial charge >= 0.3 is 0 Å². The second kappa shape index (κ2) is 13.4. The second-order valence-electron chi connectivity index (χ2n) is 13.8.